The summed E-state index contributed by atoms with van der Waals surface area (Å²) in [5, 5.41) is 5.89. The van der Waals surface area contributed by atoms with Crippen molar-refractivity contribution in [2.75, 3.05) is 19.0 Å². The number of ether oxygens (including phenoxy) is 2. The molecule has 2 N–H and O–H groups in total. The number of methoxy groups -OCH3 is 1. The van der Waals surface area contributed by atoms with Gasteiger partial charge in [-0.15, -0.1) is 0 Å². The Balaban J connectivity index is 1.53. The van der Waals surface area contributed by atoms with Crippen molar-refractivity contribution in [1.29, 1.82) is 0 Å². The highest BCUT2D eigenvalue weighted by Crippen LogP contribution is 2.25. The molecular formula is C23H21BrN2O3S. The normalized spacial score (nSPS) is 10.2. The minimum Gasteiger partial charge on any atom is -0.496 e. The Morgan fingerprint density at radius 2 is 1.83 bits per heavy atom. The van der Waals surface area contributed by atoms with E-state index in [1.165, 1.54) is 5.56 Å². The maximum Gasteiger partial charge on any atom is 0.257 e. The van der Waals surface area contributed by atoms with Crippen LogP contribution in [0.3, 0.4) is 0 Å². The van der Waals surface area contributed by atoms with Crippen molar-refractivity contribution in [3.8, 4) is 11.5 Å². The quantitative estimate of drug-likeness (QED) is 0.451. The summed E-state index contributed by atoms with van der Waals surface area (Å²) in [6.07, 6.45) is 0.824. The lowest BCUT2D eigenvalue weighted by molar-refractivity contribution is 0.0977. The summed E-state index contributed by atoms with van der Waals surface area (Å²) in [7, 11) is 1.57. The number of thiocarbonyl (C=S) groups is 1. The first-order valence-corrected chi connectivity index (χ1v) is 10.5. The average Bonchev–Trinajstić information content (AvgIpc) is 2.74. The second-order valence-corrected chi connectivity index (χ2v) is 7.63. The van der Waals surface area contributed by atoms with Crippen LogP contribution in [0, 0.1) is 0 Å². The SMILES string of the molecule is COc1ccc(C(=O)NC(=S)Nc2cccc(OCCc3ccccc3)c2)cc1Br. The Morgan fingerprint density at radius 3 is 2.57 bits per heavy atom. The van der Waals surface area contributed by atoms with Crippen molar-refractivity contribution < 1.29 is 14.3 Å². The Hall–Kier alpha value is -2.90. The van der Waals surface area contributed by atoms with Gasteiger partial charge in [-0.3, -0.25) is 10.1 Å². The van der Waals surface area contributed by atoms with Crippen LogP contribution < -0.4 is 20.1 Å². The van der Waals surface area contributed by atoms with E-state index in [4.69, 9.17) is 21.7 Å². The van der Waals surface area contributed by atoms with E-state index in [1.807, 2.05) is 42.5 Å². The third-order valence-electron chi connectivity index (χ3n) is 4.24. The number of halogens is 1. The Morgan fingerprint density at radius 1 is 1.03 bits per heavy atom. The number of carbonyl (C=O) groups is 1. The molecule has 7 heteroatoms. The van der Waals surface area contributed by atoms with Gasteiger partial charge in [0.2, 0.25) is 0 Å². The fourth-order valence-electron chi connectivity index (χ4n) is 2.74. The van der Waals surface area contributed by atoms with Gasteiger partial charge in [0.05, 0.1) is 18.2 Å². The van der Waals surface area contributed by atoms with Crippen molar-refractivity contribution in [3.63, 3.8) is 0 Å². The van der Waals surface area contributed by atoms with Crippen LogP contribution >= 0.6 is 28.1 Å². The van der Waals surface area contributed by atoms with Crippen LogP contribution in [0.4, 0.5) is 5.69 Å². The van der Waals surface area contributed by atoms with E-state index in [1.54, 1.807) is 25.3 Å². The fourth-order valence-corrected chi connectivity index (χ4v) is 3.49. The molecule has 0 fully saturated rings. The molecule has 3 rings (SSSR count). The Kier molecular flexibility index (Phi) is 7.82. The number of nitrogens with one attached hydrogen (secondary N) is 2. The molecule has 0 heterocycles. The molecule has 0 unspecified atom stereocenters. The summed E-state index contributed by atoms with van der Waals surface area (Å²) in [6.45, 7) is 0.570. The highest BCUT2D eigenvalue weighted by atomic mass is 79.9. The van der Waals surface area contributed by atoms with E-state index in [9.17, 15) is 4.79 Å². The molecule has 0 spiro atoms. The average molecular weight is 485 g/mol. The fraction of sp³-hybridized carbons (Fsp3) is 0.130. The van der Waals surface area contributed by atoms with Crippen LogP contribution in [-0.4, -0.2) is 24.7 Å². The monoisotopic (exact) mass is 484 g/mol. The largest absolute Gasteiger partial charge is 0.496 e. The van der Waals surface area contributed by atoms with Gasteiger partial charge in [0, 0.05) is 23.7 Å². The summed E-state index contributed by atoms with van der Waals surface area (Å²) in [5.41, 5.74) is 2.42. The van der Waals surface area contributed by atoms with Gasteiger partial charge in [-0.1, -0.05) is 36.4 Å². The van der Waals surface area contributed by atoms with Crippen LogP contribution in [0.5, 0.6) is 11.5 Å². The molecule has 30 heavy (non-hydrogen) atoms. The van der Waals surface area contributed by atoms with Crippen LogP contribution in [0.2, 0.25) is 0 Å². The number of benzene rings is 3. The number of rotatable bonds is 7. The van der Waals surface area contributed by atoms with E-state index in [0.717, 1.165) is 17.9 Å². The molecule has 0 aliphatic rings. The number of carbonyl (C=O) groups excluding carboxylic acids is 1. The molecule has 0 aliphatic carbocycles. The van der Waals surface area contributed by atoms with Gasteiger partial charge in [0.15, 0.2) is 5.11 Å². The topological polar surface area (TPSA) is 59.6 Å². The van der Waals surface area contributed by atoms with Crippen LogP contribution in [-0.2, 0) is 6.42 Å². The molecule has 0 radical (unpaired) electrons. The third-order valence-corrected chi connectivity index (χ3v) is 5.06. The first-order chi connectivity index (χ1) is 14.5. The second kappa shape index (κ2) is 10.8. The van der Waals surface area contributed by atoms with Gasteiger partial charge in [0.25, 0.3) is 5.91 Å². The zero-order chi connectivity index (χ0) is 21.3. The number of hydrogen-bond donors (Lipinski definition) is 2. The van der Waals surface area contributed by atoms with Crippen molar-refractivity contribution >= 4 is 44.9 Å². The van der Waals surface area contributed by atoms with Gasteiger partial charge in [-0.2, -0.15) is 0 Å². The summed E-state index contributed by atoms with van der Waals surface area (Å²) >= 11 is 8.64. The summed E-state index contributed by atoms with van der Waals surface area (Å²) in [5.74, 6) is 1.06. The lowest BCUT2D eigenvalue weighted by atomic mass is 10.2. The lowest BCUT2D eigenvalue weighted by Crippen LogP contribution is -2.34. The molecule has 154 valence electrons. The molecule has 0 atom stereocenters. The van der Waals surface area contributed by atoms with Gasteiger partial charge in [-0.25, -0.2) is 0 Å². The zero-order valence-electron chi connectivity index (χ0n) is 16.4. The molecule has 5 nitrogen and oxygen atoms in total. The number of amides is 1. The highest BCUT2D eigenvalue weighted by molar-refractivity contribution is 9.10. The summed E-state index contributed by atoms with van der Waals surface area (Å²) in [4.78, 5) is 12.4. The van der Waals surface area contributed by atoms with E-state index < -0.39 is 0 Å². The Labute approximate surface area is 189 Å². The van der Waals surface area contributed by atoms with Crippen molar-refractivity contribution in [2.24, 2.45) is 0 Å². The van der Waals surface area contributed by atoms with Gasteiger partial charge < -0.3 is 14.8 Å². The second-order valence-electron chi connectivity index (χ2n) is 6.37. The van der Waals surface area contributed by atoms with Gasteiger partial charge in [0.1, 0.15) is 11.5 Å². The molecule has 1 amide bonds. The summed E-state index contributed by atoms with van der Waals surface area (Å²) < 4.78 is 11.7. The van der Waals surface area contributed by atoms with Gasteiger partial charge in [-0.05, 0) is 64.0 Å². The minimum absolute atomic E-state index is 0.202. The van der Waals surface area contributed by atoms with E-state index in [2.05, 4.69) is 38.7 Å². The third kappa shape index (κ3) is 6.30. The molecule has 0 bridgehead atoms. The first-order valence-electron chi connectivity index (χ1n) is 9.28. The predicted molar refractivity (Wildman–Crippen MR) is 126 cm³/mol. The zero-order valence-corrected chi connectivity index (χ0v) is 18.8. The molecule has 0 aliphatic heterocycles. The van der Waals surface area contributed by atoms with Crippen LogP contribution in [0.1, 0.15) is 15.9 Å². The summed E-state index contributed by atoms with van der Waals surface area (Å²) in [6, 6.07) is 22.7. The van der Waals surface area contributed by atoms with Crippen molar-refractivity contribution in [2.45, 2.75) is 6.42 Å². The van der Waals surface area contributed by atoms with Crippen LogP contribution in [0.15, 0.2) is 77.3 Å². The molecule has 0 saturated heterocycles. The van der Waals surface area contributed by atoms with E-state index in [-0.39, 0.29) is 11.0 Å². The highest BCUT2D eigenvalue weighted by Gasteiger charge is 2.11. The van der Waals surface area contributed by atoms with E-state index >= 15 is 0 Å². The van der Waals surface area contributed by atoms with Crippen LogP contribution in [0.25, 0.3) is 0 Å². The maximum atomic E-state index is 12.4. The van der Waals surface area contributed by atoms with Crippen molar-refractivity contribution in [1.82, 2.24) is 5.32 Å². The standard InChI is InChI=1S/C23H21BrN2O3S/c1-28-21-11-10-17(14-20(21)24)22(27)26-23(30)25-18-8-5-9-19(15-18)29-13-12-16-6-3-2-4-7-16/h2-11,14-15H,12-13H2,1H3,(H2,25,26,27,30). The minimum atomic E-state index is -0.314. The molecule has 0 saturated carbocycles. The Bertz CT molecular complexity index is 1030. The molecule has 3 aromatic carbocycles. The van der Waals surface area contributed by atoms with Gasteiger partial charge >= 0.3 is 0 Å². The van der Waals surface area contributed by atoms with Crippen molar-refractivity contribution in [3.05, 3.63) is 88.4 Å². The van der Waals surface area contributed by atoms with E-state index in [0.29, 0.717) is 22.4 Å². The maximum absolute atomic E-state index is 12.4. The molecule has 0 aromatic heterocycles. The predicted octanol–water partition coefficient (Wildman–Crippen LogP) is 5.21. The number of anilines is 1. The molecular weight excluding hydrogens is 464 g/mol. The molecule has 3 aromatic rings. The first kappa shape index (κ1) is 21.8. The lowest BCUT2D eigenvalue weighted by Gasteiger charge is -2.12. The smallest absolute Gasteiger partial charge is 0.257 e. The number of hydrogen-bond acceptors (Lipinski definition) is 4.